The first-order valence-corrected chi connectivity index (χ1v) is 9.59. The number of halogens is 1. The second-order valence-electron chi connectivity index (χ2n) is 9.71. The smallest absolute Gasteiger partial charge is 0.312 e. The molecular weight excluding hydrogens is 323 g/mol. The topological polar surface area (TPSA) is 66.8 Å². The largest absolute Gasteiger partial charge is 0.459 e. The molecule has 10 atom stereocenters. The van der Waals surface area contributed by atoms with Gasteiger partial charge in [-0.3, -0.25) is 4.79 Å². The van der Waals surface area contributed by atoms with Gasteiger partial charge in [0.25, 0.3) is 0 Å². The Hall–Kier alpha value is -0.940. The van der Waals surface area contributed by atoms with E-state index in [0.717, 1.165) is 12.8 Å². The predicted molar refractivity (Wildman–Crippen MR) is 88.1 cm³/mol. The third kappa shape index (κ3) is 1.48. The lowest BCUT2D eigenvalue weighted by molar-refractivity contribution is -0.259. The van der Waals surface area contributed by atoms with Gasteiger partial charge in [-0.25, -0.2) is 4.39 Å². The molecule has 4 nitrogen and oxygen atoms in total. The van der Waals surface area contributed by atoms with Gasteiger partial charge in [0.1, 0.15) is 18.4 Å². The van der Waals surface area contributed by atoms with E-state index < -0.39 is 40.7 Å². The van der Waals surface area contributed by atoms with Crippen LogP contribution in [0.3, 0.4) is 0 Å². The summed E-state index contributed by atoms with van der Waals surface area (Å²) in [5.41, 5.74) is -1.71. The lowest BCUT2D eigenvalue weighted by Gasteiger charge is -2.65. The van der Waals surface area contributed by atoms with Gasteiger partial charge in [-0.05, 0) is 56.4 Å². The SMILES string of the molecule is C=C1C2CCC3C4(C)C(O)CCC5(C)C(=O)OC(C54)C(O)C3(C2)C1F. The summed E-state index contributed by atoms with van der Waals surface area (Å²) in [5.74, 6) is -0.630. The molecule has 4 aliphatic carbocycles. The van der Waals surface area contributed by atoms with Crippen LogP contribution in [0.25, 0.3) is 0 Å². The van der Waals surface area contributed by atoms with Gasteiger partial charge in [0, 0.05) is 16.7 Å². The summed E-state index contributed by atoms with van der Waals surface area (Å²) in [6.07, 6.45) is -0.392. The Morgan fingerprint density at radius 1 is 1.24 bits per heavy atom. The molecule has 1 saturated heterocycles. The van der Waals surface area contributed by atoms with Gasteiger partial charge < -0.3 is 14.9 Å². The van der Waals surface area contributed by atoms with Crippen LogP contribution in [0, 0.1) is 34.0 Å². The van der Waals surface area contributed by atoms with Crippen molar-refractivity contribution < 1.29 is 24.1 Å². The average molecular weight is 350 g/mol. The number of aliphatic hydroxyl groups excluding tert-OH is 2. The molecule has 2 N–H and O–H groups in total. The molecule has 5 fully saturated rings. The molecule has 1 heterocycles. The lowest BCUT2D eigenvalue weighted by atomic mass is 9.39. The van der Waals surface area contributed by atoms with Crippen molar-refractivity contribution in [3.8, 4) is 0 Å². The molecule has 0 aromatic heterocycles. The maximum atomic E-state index is 15.5. The van der Waals surface area contributed by atoms with Crippen molar-refractivity contribution in [2.75, 3.05) is 0 Å². The van der Waals surface area contributed by atoms with Crippen LogP contribution in [0.15, 0.2) is 12.2 Å². The highest BCUT2D eigenvalue weighted by Crippen LogP contribution is 2.74. The standard InChI is InChI=1S/C20H27FO4/c1-9-10-4-5-11-19(3)12(22)6-7-18(2)14(19)13(25-17(18)24)16(23)20(11,8-10)15(9)21/h10-16,22-23H,1,4-8H2,2-3H3. The molecular formula is C20H27FO4. The van der Waals surface area contributed by atoms with Crippen LogP contribution in [-0.4, -0.2) is 40.7 Å². The minimum Gasteiger partial charge on any atom is -0.459 e. The first-order valence-electron chi connectivity index (χ1n) is 9.59. The van der Waals surface area contributed by atoms with Crippen LogP contribution >= 0.6 is 0 Å². The Bertz CT molecular complexity index is 679. The highest BCUT2D eigenvalue weighted by atomic mass is 19.1. The summed E-state index contributed by atoms with van der Waals surface area (Å²) in [5, 5.41) is 22.3. The molecule has 138 valence electrons. The zero-order valence-corrected chi connectivity index (χ0v) is 14.9. The molecule has 5 heteroatoms. The third-order valence-electron chi connectivity index (χ3n) is 9.04. The molecule has 1 aliphatic heterocycles. The van der Waals surface area contributed by atoms with Crippen LogP contribution in [0.4, 0.5) is 4.39 Å². The number of rotatable bonds is 0. The summed E-state index contributed by atoms with van der Waals surface area (Å²) in [7, 11) is 0. The van der Waals surface area contributed by atoms with Crippen molar-refractivity contribution in [1.29, 1.82) is 0 Å². The van der Waals surface area contributed by atoms with Gasteiger partial charge in [0.2, 0.25) is 0 Å². The molecule has 0 aromatic carbocycles. The maximum Gasteiger partial charge on any atom is 0.312 e. The summed E-state index contributed by atoms with van der Waals surface area (Å²) < 4.78 is 21.2. The summed E-state index contributed by atoms with van der Waals surface area (Å²) in [4.78, 5) is 12.7. The summed E-state index contributed by atoms with van der Waals surface area (Å²) in [6.45, 7) is 7.90. The molecule has 5 rings (SSSR count). The van der Waals surface area contributed by atoms with Crippen LogP contribution < -0.4 is 0 Å². The van der Waals surface area contributed by atoms with Gasteiger partial charge >= 0.3 is 5.97 Å². The quantitative estimate of drug-likeness (QED) is 0.520. The molecule has 10 unspecified atom stereocenters. The van der Waals surface area contributed by atoms with Crippen molar-refractivity contribution in [1.82, 2.24) is 0 Å². The Morgan fingerprint density at radius 3 is 2.68 bits per heavy atom. The van der Waals surface area contributed by atoms with Gasteiger partial charge in [-0.15, -0.1) is 0 Å². The first kappa shape index (κ1) is 16.2. The van der Waals surface area contributed by atoms with E-state index in [1.165, 1.54) is 0 Å². The zero-order chi connectivity index (χ0) is 17.9. The van der Waals surface area contributed by atoms with Gasteiger partial charge in [-0.2, -0.15) is 0 Å². The van der Waals surface area contributed by atoms with E-state index in [4.69, 9.17) is 4.74 Å². The number of aliphatic hydroxyl groups is 2. The van der Waals surface area contributed by atoms with E-state index in [1.54, 1.807) is 0 Å². The van der Waals surface area contributed by atoms with E-state index in [9.17, 15) is 15.0 Å². The number of carbonyl (C=O) groups is 1. The second kappa shape index (κ2) is 4.48. The highest BCUT2D eigenvalue weighted by Gasteiger charge is 2.78. The Balaban J connectivity index is 1.74. The van der Waals surface area contributed by atoms with E-state index in [1.807, 2.05) is 13.8 Å². The fraction of sp³-hybridized carbons (Fsp3) is 0.850. The van der Waals surface area contributed by atoms with Gasteiger partial charge in [-0.1, -0.05) is 13.5 Å². The minimum atomic E-state index is -1.29. The van der Waals surface area contributed by atoms with Gasteiger partial charge in [0.15, 0.2) is 0 Å². The number of carbonyl (C=O) groups excluding carboxylic acids is 1. The fourth-order valence-electron chi connectivity index (χ4n) is 7.89. The van der Waals surface area contributed by atoms with E-state index in [-0.39, 0.29) is 23.7 Å². The Labute approximate surface area is 147 Å². The molecule has 1 spiro atoms. The van der Waals surface area contributed by atoms with Crippen molar-refractivity contribution in [3.63, 3.8) is 0 Å². The molecule has 2 bridgehead atoms. The van der Waals surface area contributed by atoms with Gasteiger partial charge in [0.05, 0.1) is 11.5 Å². The molecule has 25 heavy (non-hydrogen) atoms. The maximum absolute atomic E-state index is 15.5. The third-order valence-corrected chi connectivity index (χ3v) is 9.04. The summed E-state index contributed by atoms with van der Waals surface area (Å²) in [6, 6.07) is 0. The number of alkyl halides is 1. The molecule has 5 aliphatic rings. The first-order chi connectivity index (χ1) is 11.7. The van der Waals surface area contributed by atoms with Crippen LogP contribution in [-0.2, 0) is 9.53 Å². The molecule has 0 amide bonds. The van der Waals surface area contributed by atoms with E-state index in [0.29, 0.717) is 24.8 Å². The average Bonchev–Trinajstić information content (AvgIpc) is 2.96. The van der Waals surface area contributed by atoms with Crippen molar-refractivity contribution in [3.05, 3.63) is 12.2 Å². The lowest BCUT2D eigenvalue weighted by Crippen LogP contribution is -2.70. The zero-order valence-electron chi connectivity index (χ0n) is 14.9. The number of allylic oxidation sites excluding steroid dienone is 1. The monoisotopic (exact) mass is 350 g/mol. The Kier molecular flexibility index (Phi) is 2.91. The molecule has 4 saturated carbocycles. The fourth-order valence-corrected chi connectivity index (χ4v) is 7.89. The number of esters is 1. The normalized spacial score (nSPS) is 62.4. The highest BCUT2D eigenvalue weighted by molar-refractivity contribution is 5.80. The van der Waals surface area contributed by atoms with E-state index >= 15 is 4.39 Å². The predicted octanol–water partition coefficient (Wildman–Crippen LogP) is 2.38. The van der Waals surface area contributed by atoms with Crippen LogP contribution in [0.1, 0.15) is 46.0 Å². The van der Waals surface area contributed by atoms with Crippen molar-refractivity contribution in [2.45, 2.75) is 70.4 Å². The summed E-state index contributed by atoms with van der Waals surface area (Å²) >= 11 is 0. The van der Waals surface area contributed by atoms with Crippen molar-refractivity contribution in [2.24, 2.45) is 34.0 Å². The van der Waals surface area contributed by atoms with Crippen LogP contribution in [0.2, 0.25) is 0 Å². The molecule has 0 radical (unpaired) electrons. The minimum absolute atomic E-state index is 0.0882. The number of hydrogen-bond donors (Lipinski definition) is 2. The number of fused-ring (bicyclic) bond motifs is 2. The van der Waals surface area contributed by atoms with Crippen LogP contribution in [0.5, 0.6) is 0 Å². The van der Waals surface area contributed by atoms with E-state index in [2.05, 4.69) is 6.58 Å². The Morgan fingerprint density at radius 2 is 1.96 bits per heavy atom. The molecule has 0 aromatic rings. The van der Waals surface area contributed by atoms with Crippen molar-refractivity contribution >= 4 is 5.97 Å². The number of hydrogen-bond acceptors (Lipinski definition) is 4. The number of ether oxygens (including phenoxy) is 1. The second-order valence-corrected chi connectivity index (χ2v) is 9.71.